The number of halogens is 1. The molecule has 1 fully saturated rings. The third-order valence-electron chi connectivity index (χ3n) is 5.40. The zero-order chi connectivity index (χ0) is 21.7. The third-order valence-corrected chi connectivity index (χ3v) is 5.40. The summed E-state index contributed by atoms with van der Waals surface area (Å²) in [4.78, 5) is 40.5. The molecule has 2 aromatic rings. The van der Waals surface area contributed by atoms with Gasteiger partial charge in [-0.15, -0.1) is 0 Å². The van der Waals surface area contributed by atoms with Gasteiger partial charge in [-0.3, -0.25) is 19.3 Å². The lowest BCUT2D eigenvalue weighted by Gasteiger charge is -2.27. The topological polar surface area (TPSA) is 69.7 Å². The van der Waals surface area contributed by atoms with Crippen LogP contribution in [0.4, 0.5) is 10.1 Å². The maximum Gasteiger partial charge on any atom is 0.253 e. The van der Waals surface area contributed by atoms with Gasteiger partial charge in [0.15, 0.2) is 5.78 Å². The summed E-state index contributed by atoms with van der Waals surface area (Å²) in [6.45, 7) is 5.71. The molecule has 2 amide bonds. The molecule has 2 aromatic carbocycles. The fourth-order valence-corrected chi connectivity index (χ4v) is 3.50. The molecule has 158 valence electrons. The normalized spacial score (nSPS) is 15.9. The molecule has 0 aliphatic carbocycles. The van der Waals surface area contributed by atoms with Crippen LogP contribution in [0.1, 0.15) is 41.0 Å². The van der Waals surface area contributed by atoms with Crippen LogP contribution in [-0.2, 0) is 4.79 Å². The molecule has 30 heavy (non-hydrogen) atoms. The van der Waals surface area contributed by atoms with Crippen molar-refractivity contribution in [3.63, 3.8) is 0 Å². The van der Waals surface area contributed by atoms with Crippen molar-refractivity contribution >= 4 is 23.3 Å². The van der Waals surface area contributed by atoms with E-state index in [0.717, 1.165) is 6.42 Å². The highest BCUT2D eigenvalue weighted by molar-refractivity contribution is 5.97. The lowest BCUT2D eigenvalue weighted by molar-refractivity contribution is -0.120. The molecule has 1 aliphatic heterocycles. The van der Waals surface area contributed by atoms with Gasteiger partial charge in [-0.25, -0.2) is 4.39 Å². The van der Waals surface area contributed by atoms with E-state index in [1.165, 1.54) is 31.2 Å². The van der Waals surface area contributed by atoms with Crippen LogP contribution in [0.2, 0.25) is 0 Å². The molecule has 6 nitrogen and oxygen atoms in total. The quantitative estimate of drug-likeness (QED) is 0.767. The van der Waals surface area contributed by atoms with E-state index in [9.17, 15) is 18.8 Å². The first-order valence-corrected chi connectivity index (χ1v) is 10.1. The van der Waals surface area contributed by atoms with Crippen LogP contribution in [0.15, 0.2) is 48.5 Å². The second kappa shape index (κ2) is 9.63. The van der Waals surface area contributed by atoms with Crippen molar-refractivity contribution in [2.75, 3.05) is 31.5 Å². The highest BCUT2D eigenvalue weighted by atomic mass is 19.1. The van der Waals surface area contributed by atoms with E-state index in [0.29, 0.717) is 43.0 Å². The Morgan fingerprint density at radius 1 is 0.900 bits per heavy atom. The number of rotatable bonds is 5. The van der Waals surface area contributed by atoms with Crippen LogP contribution < -0.4 is 5.32 Å². The smallest absolute Gasteiger partial charge is 0.253 e. The zero-order valence-corrected chi connectivity index (χ0v) is 17.2. The van der Waals surface area contributed by atoms with Gasteiger partial charge in [0.2, 0.25) is 5.91 Å². The molecule has 3 rings (SSSR count). The summed E-state index contributed by atoms with van der Waals surface area (Å²) in [6, 6.07) is 12.0. The van der Waals surface area contributed by atoms with Gasteiger partial charge >= 0.3 is 0 Å². The Hall–Kier alpha value is -3.06. The molecular weight excluding hydrogens is 385 g/mol. The molecule has 0 saturated carbocycles. The largest absolute Gasteiger partial charge is 0.337 e. The average molecular weight is 411 g/mol. The van der Waals surface area contributed by atoms with Crippen molar-refractivity contribution in [1.82, 2.24) is 9.80 Å². The number of amides is 2. The first kappa shape index (κ1) is 21.6. The number of Topliss-reactive ketones (excluding diaryl/α,β-unsaturated/α-hetero) is 1. The van der Waals surface area contributed by atoms with E-state index in [1.54, 1.807) is 29.2 Å². The Balaban J connectivity index is 1.57. The molecule has 0 aromatic heterocycles. The third kappa shape index (κ3) is 5.30. The van der Waals surface area contributed by atoms with Gasteiger partial charge in [0.25, 0.3) is 5.91 Å². The second-order valence-corrected chi connectivity index (χ2v) is 7.49. The van der Waals surface area contributed by atoms with Gasteiger partial charge in [0.05, 0.1) is 6.04 Å². The van der Waals surface area contributed by atoms with Gasteiger partial charge in [-0.05, 0) is 68.8 Å². The molecule has 1 aliphatic rings. The molecule has 1 saturated heterocycles. The minimum Gasteiger partial charge on any atom is -0.337 e. The Bertz CT molecular complexity index is 912. The minimum absolute atomic E-state index is 0.0226. The molecule has 0 bridgehead atoms. The van der Waals surface area contributed by atoms with E-state index in [4.69, 9.17) is 0 Å². The number of anilines is 1. The monoisotopic (exact) mass is 411 g/mol. The molecule has 1 heterocycles. The number of nitrogens with zero attached hydrogens (tertiary/aromatic N) is 2. The number of carbonyl (C=O) groups is 3. The summed E-state index contributed by atoms with van der Waals surface area (Å²) in [5.74, 6) is -0.654. The molecule has 0 unspecified atom stereocenters. The lowest BCUT2D eigenvalue weighted by Crippen LogP contribution is -2.44. The van der Waals surface area contributed by atoms with Crippen molar-refractivity contribution in [3.05, 3.63) is 65.5 Å². The summed E-state index contributed by atoms with van der Waals surface area (Å²) in [7, 11) is 0. The van der Waals surface area contributed by atoms with Crippen LogP contribution in [0.25, 0.3) is 0 Å². The Labute approximate surface area is 175 Å². The fraction of sp³-hybridized carbons (Fsp3) is 0.348. The van der Waals surface area contributed by atoms with Gasteiger partial charge in [0, 0.05) is 43.0 Å². The number of benzene rings is 2. The van der Waals surface area contributed by atoms with E-state index in [2.05, 4.69) is 10.2 Å². The molecule has 0 spiro atoms. The Kier molecular flexibility index (Phi) is 6.95. The van der Waals surface area contributed by atoms with E-state index < -0.39 is 0 Å². The average Bonchev–Trinajstić information content (AvgIpc) is 3.00. The van der Waals surface area contributed by atoms with Crippen LogP contribution >= 0.6 is 0 Å². The Morgan fingerprint density at radius 3 is 2.17 bits per heavy atom. The van der Waals surface area contributed by atoms with E-state index in [1.807, 2.05) is 6.92 Å². The van der Waals surface area contributed by atoms with Gasteiger partial charge in [-0.2, -0.15) is 0 Å². The first-order valence-electron chi connectivity index (χ1n) is 10.1. The summed E-state index contributed by atoms with van der Waals surface area (Å²) >= 11 is 0. The number of nitrogens with one attached hydrogen (secondary N) is 1. The summed E-state index contributed by atoms with van der Waals surface area (Å²) in [5, 5.41) is 2.88. The van der Waals surface area contributed by atoms with Crippen molar-refractivity contribution in [3.8, 4) is 0 Å². The molecular formula is C23H26FN3O3. The van der Waals surface area contributed by atoms with Gasteiger partial charge < -0.3 is 10.2 Å². The number of ketones is 1. The second-order valence-electron chi connectivity index (χ2n) is 7.49. The molecule has 0 radical (unpaired) electrons. The first-order chi connectivity index (χ1) is 14.3. The fourth-order valence-electron chi connectivity index (χ4n) is 3.50. The highest BCUT2D eigenvalue weighted by Gasteiger charge is 2.26. The Morgan fingerprint density at radius 2 is 1.53 bits per heavy atom. The van der Waals surface area contributed by atoms with Crippen molar-refractivity contribution in [2.45, 2.75) is 26.3 Å². The van der Waals surface area contributed by atoms with Gasteiger partial charge in [0.1, 0.15) is 5.82 Å². The summed E-state index contributed by atoms with van der Waals surface area (Å²) < 4.78 is 13.1. The minimum atomic E-state index is -0.371. The van der Waals surface area contributed by atoms with E-state index in [-0.39, 0.29) is 29.5 Å². The summed E-state index contributed by atoms with van der Waals surface area (Å²) in [5.41, 5.74) is 1.70. The molecule has 1 N–H and O–H groups in total. The lowest BCUT2D eigenvalue weighted by atomic mass is 10.1. The van der Waals surface area contributed by atoms with Crippen LogP contribution in [0.3, 0.4) is 0 Å². The van der Waals surface area contributed by atoms with Crippen LogP contribution in [0.5, 0.6) is 0 Å². The number of hydrogen-bond donors (Lipinski definition) is 1. The predicted molar refractivity (Wildman–Crippen MR) is 113 cm³/mol. The zero-order valence-electron chi connectivity index (χ0n) is 17.2. The highest BCUT2D eigenvalue weighted by Crippen LogP contribution is 2.15. The van der Waals surface area contributed by atoms with E-state index >= 15 is 0 Å². The van der Waals surface area contributed by atoms with Crippen molar-refractivity contribution in [2.24, 2.45) is 0 Å². The molecule has 7 heteroatoms. The van der Waals surface area contributed by atoms with Crippen LogP contribution in [-0.4, -0.2) is 59.6 Å². The predicted octanol–water partition coefficient (Wildman–Crippen LogP) is 3.20. The van der Waals surface area contributed by atoms with Crippen LogP contribution in [0, 0.1) is 5.82 Å². The summed E-state index contributed by atoms with van der Waals surface area (Å²) in [6.07, 6.45) is 0.748. The molecule has 1 atom stereocenters. The van der Waals surface area contributed by atoms with Crippen molar-refractivity contribution in [1.29, 1.82) is 0 Å². The number of hydrogen-bond acceptors (Lipinski definition) is 4. The van der Waals surface area contributed by atoms with Gasteiger partial charge in [-0.1, -0.05) is 0 Å². The number of carbonyl (C=O) groups excluding carboxylic acids is 3. The maximum atomic E-state index is 13.1. The maximum absolute atomic E-state index is 13.1. The SMILES string of the molecule is CC(=O)c1ccc(NC(=O)[C@H](C)N2CCCN(C(=O)c3ccc(F)cc3)CC2)cc1. The standard InChI is InChI=1S/C23H26FN3O3/c1-16(22(29)25-21-10-6-18(7-11-21)17(2)28)26-12-3-13-27(15-14-26)23(30)19-4-8-20(24)9-5-19/h4-11,16H,3,12-15H2,1-2H3,(H,25,29)/t16-/m0/s1. The van der Waals surface area contributed by atoms with Crippen molar-refractivity contribution < 1.29 is 18.8 Å².